The third kappa shape index (κ3) is 7.96. The van der Waals surface area contributed by atoms with Crippen LogP contribution in [0.5, 0.6) is 0 Å². The SMILES string of the molecule is CCCCCNC(=S)Nc1ccc(N=C(C)N)cc1.Cl. The molecule has 0 bridgehead atoms. The van der Waals surface area contributed by atoms with E-state index in [1.54, 1.807) is 6.92 Å². The first-order chi connectivity index (χ1) is 9.11. The van der Waals surface area contributed by atoms with E-state index in [2.05, 4.69) is 22.5 Å². The summed E-state index contributed by atoms with van der Waals surface area (Å²) in [4.78, 5) is 4.17. The van der Waals surface area contributed by atoms with Crippen LogP contribution in [-0.4, -0.2) is 17.5 Å². The summed E-state index contributed by atoms with van der Waals surface area (Å²) in [5.41, 5.74) is 7.31. The quantitative estimate of drug-likeness (QED) is 0.325. The average molecular weight is 315 g/mol. The van der Waals surface area contributed by atoms with Gasteiger partial charge in [-0.15, -0.1) is 12.4 Å². The summed E-state index contributed by atoms with van der Waals surface area (Å²) >= 11 is 5.22. The highest BCUT2D eigenvalue weighted by atomic mass is 35.5. The fourth-order valence-corrected chi connectivity index (χ4v) is 1.80. The molecule has 0 amide bonds. The Labute approximate surface area is 132 Å². The van der Waals surface area contributed by atoms with Gasteiger partial charge in [0.2, 0.25) is 0 Å². The monoisotopic (exact) mass is 314 g/mol. The molecule has 4 N–H and O–H groups in total. The number of hydrogen-bond acceptors (Lipinski definition) is 2. The van der Waals surface area contributed by atoms with Crippen LogP contribution in [0.2, 0.25) is 0 Å². The van der Waals surface area contributed by atoms with Crippen molar-refractivity contribution in [1.82, 2.24) is 5.32 Å². The molecule has 0 saturated heterocycles. The molecule has 1 aromatic rings. The van der Waals surface area contributed by atoms with Crippen molar-refractivity contribution in [3.63, 3.8) is 0 Å². The molecule has 0 aliphatic heterocycles. The third-order valence-electron chi connectivity index (χ3n) is 2.50. The largest absolute Gasteiger partial charge is 0.387 e. The molecular formula is C14H23ClN4S. The maximum Gasteiger partial charge on any atom is 0.170 e. The van der Waals surface area contributed by atoms with Crippen molar-refractivity contribution in [1.29, 1.82) is 0 Å². The Morgan fingerprint density at radius 2 is 1.90 bits per heavy atom. The zero-order valence-corrected chi connectivity index (χ0v) is 13.6. The van der Waals surface area contributed by atoms with Gasteiger partial charge >= 0.3 is 0 Å². The molecule has 6 heteroatoms. The standard InChI is InChI=1S/C14H22N4S.ClH/c1-3-4-5-10-16-14(19)18-13-8-6-12(7-9-13)17-11(2)15;/h6-9H,3-5,10H2,1-2H3,(H2,15,17)(H2,16,18,19);1H. The number of nitrogens with two attached hydrogens (primary N) is 1. The highest BCUT2D eigenvalue weighted by molar-refractivity contribution is 7.80. The van der Waals surface area contributed by atoms with Crippen molar-refractivity contribution in [2.45, 2.75) is 33.1 Å². The minimum absolute atomic E-state index is 0. The topological polar surface area (TPSA) is 62.4 Å². The molecule has 0 radical (unpaired) electrons. The Bertz CT molecular complexity index is 427. The third-order valence-corrected chi connectivity index (χ3v) is 2.74. The van der Waals surface area contributed by atoms with Gasteiger partial charge < -0.3 is 16.4 Å². The number of nitrogens with zero attached hydrogens (tertiary/aromatic N) is 1. The van der Waals surface area contributed by atoms with E-state index in [4.69, 9.17) is 18.0 Å². The molecule has 4 nitrogen and oxygen atoms in total. The van der Waals surface area contributed by atoms with Crippen LogP contribution in [0, 0.1) is 0 Å². The van der Waals surface area contributed by atoms with Crippen LogP contribution in [0.3, 0.4) is 0 Å². The van der Waals surface area contributed by atoms with Gasteiger partial charge in [-0.05, 0) is 49.8 Å². The molecule has 1 aromatic carbocycles. The Hall–Kier alpha value is -1.33. The molecule has 0 aromatic heterocycles. The molecule has 0 fully saturated rings. The van der Waals surface area contributed by atoms with Gasteiger partial charge in [-0.1, -0.05) is 19.8 Å². The molecule has 0 unspecified atom stereocenters. The lowest BCUT2D eigenvalue weighted by Crippen LogP contribution is -2.29. The number of unbranched alkanes of at least 4 members (excludes halogenated alkanes) is 2. The number of anilines is 1. The van der Waals surface area contributed by atoms with E-state index in [0.717, 1.165) is 24.3 Å². The molecule has 1 rings (SSSR count). The Morgan fingerprint density at radius 1 is 1.25 bits per heavy atom. The number of halogens is 1. The summed E-state index contributed by atoms with van der Waals surface area (Å²) in [6.45, 7) is 4.86. The molecule has 0 atom stereocenters. The highest BCUT2D eigenvalue weighted by Crippen LogP contribution is 2.16. The Kier molecular flexibility index (Phi) is 9.76. The van der Waals surface area contributed by atoms with Crippen molar-refractivity contribution in [3.05, 3.63) is 24.3 Å². The van der Waals surface area contributed by atoms with Crippen LogP contribution in [0.15, 0.2) is 29.3 Å². The lowest BCUT2D eigenvalue weighted by atomic mass is 10.2. The molecular weight excluding hydrogens is 292 g/mol. The normalized spacial score (nSPS) is 10.6. The molecule has 0 saturated carbocycles. The van der Waals surface area contributed by atoms with Crippen LogP contribution in [0.4, 0.5) is 11.4 Å². The first-order valence-corrected chi connectivity index (χ1v) is 6.98. The lowest BCUT2D eigenvalue weighted by Gasteiger charge is -2.10. The van der Waals surface area contributed by atoms with Gasteiger partial charge in [0.15, 0.2) is 5.11 Å². The number of hydrogen-bond donors (Lipinski definition) is 3. The van der Waals surface area contributed by atoms with Crippen molar-refractivity contribution >= 4 is 46.9 Å². The van der Waals surface area contributed by atoms with Gasteiger partial charge in [-0.25, -0.2) is 4.99 Å². The molecule has 0 aliphatic carbocycles. The second kappa shape index (κ2) is 10.5. The molecule has 112 valence electrons. The summed E-state index contributed by atoms with van der Waals surface area (Å²) in [6, 6.07) is 7.67. The van der Waals surface area contributed by atoms with Crippen LogP contribution < -0.4 is 16.4 Å². The van der Waals surface area contributed by atoms with Crippen LogP contribution in [0.1, 0.15) is 33.1 Å². The van der Waals surface area contributed by atoms with E-state index in [9.17, 15) is 0 Å². The molecule has 0 spiro atoms. The number of aliphatic imine (C=N–C) groups is 1. The van der Waals surface area contributed by atoms with Crippen molar-refractivity contribution in [2.24, 2.45) is 10.7 Å². The maximum atomic E-state index is 5.53. The average Bonchev–Trinajstić information content (AvgIpc) is 2.36. The van der Waals surface area contributed by atoms with Crippen molar-refractivity contribution in [3.8, 4) is 0 Å². The number of amidine groups is 1. The van der Waals surface area contributed by atoms with E-state index >= 15 is 0 Å². The van der Waals surface area contributed by atoms with Gasteiger partial charge in [0.25, 0.3) is 0 Å². The summed E-state index contributed by atoms with van der Waals surface area (Å²) in [5.74, 6) is 0.550. The van der Waals surface area contributed by atoms with Crippen LogP contribution in [0.25, 0.3) is 0 Å². The first kappa shape index (κ1) is 18.7. The molecule has 20 heavy (non-hydrogen) atoms. The van der Waals surface area contributed by atoms with Crippen molar-refractivity contribution < 1.29 is 0 Å². The van der Waals surface area contributed by atoms with Gasteiger partial charge in [-0.3, -0.25) is 0 Å². The predicted octanol–water partition coefficient (Wildman–Crippen LogP) is 3.59. The summed E-state index contributed by atoms with van der Waals surface area (Å²) in [7, 11) is 0. The van der Waals surface area contributed by atoms with E-state index in [-0.39, 0.29) is 12.4 Å². The van der Waals surface area contributed by atoms with Crippen molar-refractivity contribution in [2.75, 3.05) is 11.9 Å². The fraction of sp³-hybridized carbons (Fsp3) is 0.429. The maximum absolute atomic E-state index is 5.53. The van der Waals surface area contributed by atoms with Gasteiger partial charge in [-0.2, -0.15) is 0 Å². The Morgan fingerprint density at radius 3 is 2.45 bits per heavy atom. The number of nitrogens with one attached hydrogen (secondary N) is 2. The summed E-state index contributed by atoms with van der Waals surface area (Å²) < 4.78 is 0. The molecule has 0 aliphatic rings. The first-order valence-electron chi connectivity index (χ1n) is 6.57. The zero-order chi connectivity index (χ0) is 14.1. The van der Waals surface area contributed by atoms with E-state index in [1.165, 1.54) is 12.8 Å². The predicted molar refractivity (Wildman–Crippen MR) is 94.4 cm³/mol. The smallest absolute Gasteiger partial charge is 0.170 e. The minimum atomic E-state index is 0. The van der Waals surface area contributed by atoms with Gasteiger partial charge in [0.1, 0.15) is 0 Å². The van der Waals surface area contributed by atoms with E-state index < -0.39 is 0 Å². The highest BCUT2D eigenvalue weighted by Gasteiger charge is 1.97. The zero-order valence-electron chi connectivity index (χ0n) is 12.0. The molecule has 0 heterocycles. The lowest BCUT2D eigenvalue weighted by molar-refractivity contribution is 0.698. The van der Waals surface area contributed by atoms with Crippen LogP contribution >= 0.6 is 24.6 Å². The second-order valence-corrected chi connectivity index (χ2v) is 4.80. The number of thiocarbonyl (C=S) groups is 1. The van der Waals surface area contributed by atoms with Gasteiger partial charge in [0.05, 0.1) is 11.5 Å². The fourth-order valence-electron chi connectivity index (χ4n) is 1.58. The number of benzene rings is 1. The van der Waals surface area contributed by atoms with Crippen LogP contribution in [-0.2, 0) is 0 Å². The second-order valence-electron chi connectivity index (χ2n) is 4.39. The minimum Gasteiger partial charge on any atom is -0.387 e. The van der Waals surface area contributed by atoms with E-state index in [0.29, 0.717) is 10.9 Å². The number of rotatable bonds is 6. The summed E-state index contributed by atoms with van der Waals surface area (Å²) in [6.07, 6.45) is 3.58. The van der Waals surface area contributed by atoms with E-state index in [1.807, 2.05) is 24.3 Å². The Balaban J connectivity index is 0.00000361. The summed E-state index contributed by atoms with van der Waals surface area (Å²) in [5, 5.41) is 6.98. The van der Waals surface area contributed by atoms with Gasteiger partial charge in [0, 0.05) is 12.2 Å².